The highest BCUT2D eigenvalue weighted by molar-refractivity contribution is 7.89. The van der Waals surface area contributed by atoms with Crippen molar-refractivity contribution in [1.29, 1.82) is 0 Å². The highest BCUT2D eigenvalue weighted by Gasteiger charge is 2.30. The van der Waals surface area contributed by atoms with Crippen molar-refractivity contribution in [3.8, 4) is 0 Å². The van der Waals surface area contributed by atoms with Crippen LogP contribution in [0.5, 0.6) is 0 Å². The number of carboxylic acids is 1. The first-order chi connectivity index (χ1) is 9.02. The van der Waals surface area contributed by atoms with Crippen molar-refractivity contribution in [2.45, 2.75) is 25.2 Å². The van der Waals surface area contributed by atoms with E-state index >= 15 is 0 Å². The van der Waals surface area contributed by atoms with Crippen molar-refractivity contribution in [2.24, 2.45) is 10.6 Å². The van der Waals surface area contributed by atoms with Gasteiger partial charge in [-0.25, -0.2) is 13.6 Å². The zero-order chi connectivity index (χ0) is 15.6. The number of nitrogens with two attached hydrogens (primary N) is 1. The van der Waals surface area contributed by atoms with Crippen molar-refractivity contribution in [3.05, 3.63) is 24.3 Å². The van der Waals surface area contributed by atoms with Crippen LogP contribution in [0.3, 0.4) is 0 Å². The van der Waals surface area contributed by atoms with Crippen LogP contribution in [-0.2, 0) is 19.6 Å². The molecule has 0 heterocycles. The number of aliphatic carboxylic acids is 1. The predicted molar refractivity (Wildman–Crippen MR) is 72.5 cm³/mol. The third-order valence-corrected chi connectivity index (χ3v) is 3.58. The molecule has 1 aromatic rings. The van der Waals surface area contributed by atoms with E-state index < -0.39 is 27.3 Å². The molecule has 0 fully saturated rings. The normalized spacial score (nSPS) is 11.9. The molecule has 1 amide bonds. The first-order valence-electron chi connectivity index (χ1n) is 5.68. The molecule has 0 saturated heterocycles. The molecule has 0 radical (unpaired) electrons. The van der Waals surface area contributed by atoms with Crippen LogP contribution >= 0.6 is 0 Å². The van der Waals surface area contributed by atoms with Crippen molar-refractivity contribution in [1.82, 2.24) is 0 Å². The molecule has 0 bridgehead atoms. The molecule has 7 nitrogen and oxygen atoms in total. The molecule has 8 heteroatoms. The summed E-state index contributed by atoms with van der Waals surface area (Å²) in [6.07, 6.45) is -0.195. The van der Waals surface area contributed by atoms with E-state index in [2.05, 4.69) is 5.32 Å². The van der Waals surface area contributed by atoms with Gasteiger partial charge in [0.25, 0.3) is 0 Å². The minimum atomic E-state index is -3.78. The maximum atomic E-state index is 11.7. The Morgan fingerprint density at radius 2 is 1.75 bits per heavy atom. The Balaban J connectivity index is 2.75. The monoisotopic (exact) mass is 300 g/mol. The van der Waals surface area contributed by atoms with Crippen LogP contribution in [-0.4, -0.2) is 25.4 Å². The van der Waals surface area contributed by atoms with Gasteiger partial charge >= 0.3 is 5.97 Å². The Morgan fingerprint density at radius 3 is 2.15 bits per heavy atom. The number of amides is 1. The maximum absolute atomic E-state index is 11.7. The van der Waals surface area contributed by atoms with E-state index in [-0.39, 0.29) is 11.3 Å². The summed E-state index contributed by atoms with van der Waals surface area (Å²) in [4.78, 5) is 22.5. The molecule has 0 spiro atoms. The fourth-order valence-corrected chi connectivity index (χ4v) is 1.93. The number of rotatable bonds is 5. The fraction of sp³-hybridized carbons (Fsp3) is 0.333. The first kappa shape index (κ1) is 16.1. The van der Waals surface area contributed by atoms with Gasteiger partial charge in [0, 0.05) is 12.1 Å². The summed E-state index contributed by atoms with van der Waals surface area (Å²) >= 11 is 0. The van der Waals surface area contributed by atoms with Crippen LogP contribution in [0.4, 0.5) is 5.69 Å². The molecule has 0 aliphatic heterocycles. The summed E-state index contributed by atoms with van der Waals surface area (Å²) in [5, 5.41) is 16.4. The summed E-state index contributed by atoms with van der Waals surface area (Å²) in [5.74, 6) is -1.54. The topological polar surface area (TPSA) is 127 Å². The van der Waals surface area contributed by atoms with Crippen LogP contribution in [0.15, 0.2) is 29.2 Å². The molecular formula is C12H16N2O5S. The second kappa shape index (κ2) is 5.59. The van der Waals surface area contributed by atoms with E-state index in [4.69, 9.17) is 10.2 Å². The van der Waals surface area contributed by atoms with Gasteiger partial charge < -0.3 is 10.4 Å². The number of primary sulfonamides is 1. The Kier molecular flexibility index (Phi) is 4.51. The third-order valence-electron chi connectivity index (χ3n) is 2.65. The standard InChI is InChI=1S/C12H16N2O5S/c1-12(2,11(16)17)7-10(15)14-8-3-5-9(6-4-8)20(13,18)19/h3-6H,7H2,1-2H3,(H,14,15)(H,16,17)(H2,13,18,19). The fourth-order valence-electron chi connectivity index (χ4n) is 1.41. The van der Waals surface area contributed by atoms with Crippen molar-refractivity contribution >= 4 is 27.6 Å². The van der Waals surface area contributed by atoms with E-state index in [1.165, 1.54) is 38.1 Å². The van der Waals surface area contributed by atoms with Gasteiger partial charge in [0.15, 0.2) is 0 Å². The summed E-state index contributed by atoms with van der Waals surface area (Å²) in [5.41, 5.74) is -0.812. The lowest BCUT2D eigenvalue weighted by Gasteiger charge is -2.18. The zero-order valence-corrected chi connectivity index (χ0v) is 11.9. The quantitative estimate of drug-likeness (QED) is 0.740. The molecule has 0 unspecified atom stereocenters. The molecule has 0 aromatic heterocycles. The van der Waals surface area contributed by atoms with Crippen LogP contribution in [0, 0.1) is 5.41 Å². The van der Waals surface area contributed by atoms with Crippen LogP contribution in [0.1, 0.15) is 20.3 Å². The molecular weight excluding hydrogens is 284 g/mol. The third kappa shape index (κ3) is 4.32. The summed E-state index contributed by atoms with van der Waals surface area (Å²) in [6, 6.07) is 5.28. The van der Waals surface area contributed by atoms with Crippen molar-refractivity contribution < 1.29 is 23.1 Å². The van der Waals surface area contributed by atoms with E-state index in [0.29, 0.717) is 5.69 Å². The number of hydrogen-bond acceptors (Lipinski definition) is 4. The average molecular weight is 300 g/mol. The highest BCUT2D eigenvalue weighted by atomic mass is 32.2. The SMILES string of the molecule is CC(C)(CC(=O)Nc1ccc(S(N)(=O)=O)cc1)C(=O)O. The average Bonchev–Trinajstić information content (AvgIpc) is 2.27. The smallest absolute Gasteiger partial charge is 0.309 e. The van der Waals surface area contributed by atoms with Gasteiger partial charge in [0.1, 0.15) is 0 Å². The Hall–Kier alpha value is -1.93. The predicted octanol–water partition coefficient (Wildman–Crippen LogP) is 0.773. The zero-order valence-electron chi connectivity index (χ0n) is 11.1. The second-order valence-corrected chi connectivity index (χ2v) is 6.54. The molecule has 0 aliphatic carbocycles. The number of carboxylic acid groups (broad SMARTS) is 1. The lowest BCUT2D eigenvalue weighted by molar-refractivity contribution is -0.148. The Morgan fingerprint density at radius 1 is 1.25 bits per heavy atom. The van der Waals surface area contributed by atoms with Gasteiger partial charge in [-0.05, 0) is 38.1 Å². The molecule has 20 heavy (non-hydrogen) atoms. The van der Waals surface area contributed by atoms with Crippen molar-refractivity contribution in [3.63, 3.8) is 0 Å². The van der Waals surface area contributed by atoms with Crippen molar-refractivity contribution in [2.75, 3.05) is 5.32 Å². The molecule has 1 rings (SSSR count). The molecule has 0 saturated carbocycles. The number of carbonyl (C=O) groups excluding carboxylic acids is 1. The van der Waals surface area contributed by atoms with Crippen LogP contribution < -0.4 is 10.5 Å². The minimum Gasteiger partial charge on any atom is -0.481 e. The Labute approximate surface area is 116 Å². The van der Waals surface area contributed by atoms with Gasteiger partial charge in [0.2, 0.25) is 15.9 Å². The molecule has 0 aliphatic rings. The minimum absolute atomic E-state index is 0.0682. The molecule has 4 N–H and O–H groups in total. The maximum Gasteiger partial charge on any atom is 0.309 e. The number of carbonyl (C=O) groups is 2. The summed E-state index contributed by atoms with van der Waals surface area (Å²) in [7, 11) is -3.78. The van der Waals surface area contributed by atoms with E-state index in [0.717, 1.165) is 0 Å². The molecule has 110 valence electrons. The highest BCUT2D eigenvalue weighted by Crippen LogP contribution is 2.21. The number of nitrogens with one attached hydrogen (secondary N) is 1. The number of anilines is 1. The van der Waals surface area contributed by atoms with Gasteiger partial charge in [0.05, 0.1) is 10.3 Å². The van der Waals surface area contributed by atoms with Gasteiger partial charge in [-0.15, -0.1) is 0 Å². The largest absolute Gasteiger partial charge is 0.481 e. The first-order valence-corrected chi connectivity index (χ1v) is 7.23. The van der Waals surface area contributed by atoms with Gasteiger partial charge in [-0.2, -0.15) is 0 Å². The summed E-state index contributed by atoms with van der Waals surface area (Å²) < 4.78 is 22.1. The lowest BCUT2D eigenvalue weighted by atomic mass is 9.89. The van der Waals surface area contributed by atoms with Crippen LogP contribution in [0.25, 0.3) is 0 Å². The molecule has 1 aromatic carbocycles. The van der Waals surface area contributed by atoms with Gasteiger partial charge in [-0.3, -0.25) is 9.59 Å². The van der Waals surface area contributed by atoms with E-state index in [1.54, 1.807) is 0 Å². The number of benzene rings is 1. The summed E-state index contributed by atoms with van der Waals surface area (Å²) in [6.45, 7) is 2.89. The molecule has 0 atom stereocenters. The van der Waals surface area contributed by atoms with E-state index in [9.17, 15) is 18.0 Å². The Bertz CT molecular complexity index is 620. The number of sulfonamides is 1. The van der Waals surface area contributed by atoms with Gasteiger partial charge in [-0.1, -0.05) is 0 Å². The van der Waals surface area contributed by atoms with Crippen LogP contribution in [0.2, 0.25) is 0 Å². The second-order valence-electron chi connectivity index (χ2n) is 4.98. The number of hydrogen-bond donors (Lipinski definition) is 3. The lowest BCUT2D eigenvalue weighted by Crippen LogP contribution is -2.29. The van der Waals surface area contributed by atoms with E-state index in [1.807, 2.05) is 0 Å².